The Bertz CT molecular complexity index is 367. The van der Waals surface area contributed by atoms with Gasteiger partial charge in [-0.05, 0) is 33.5 Å². The van der Waals surface area contributed by atoms with Gasteiger partial charge in [0, 0.05) is 30.9 Å². The van der Waals surface area contributed by atoms with Gasteiger partial charge in [0.2, 0.25) is 0 Å². The van der Waals surface area contributed by atoms with Crippen LogP contribution in [0.15, 0.2) is 5.38 Å². The highest BCUT2D eigenvalue weighted by molar-refractivity contribution is 7.09. The number of alkyl halides is 1. The molecule has 1 aromatic heterocycles. The van der Waals surface area contributed by atoms with Gasteiger partial charge in [0.15, 0.2) is 0 Å². The van der Waals surface area contributed by atoms with E-state index in [9.17, 15) is 0 Å². The molecule has 0 saturated carbocycles. The van der Waals surface area contributed by atoms with Crippen LogP contribution in [0.5, 0.6) is 0 Å². The van der Waals surface area contributed by atoms with Gasteiger partial charge in [-0.15, -0.1) is 22.9 Å². The molecule has 1 unspecified atom stereocenters. The molecule has 1 saturated heterocycles. The number of likely N-dealkylation sites (N-methyl/N-ethyl adjacent to an activating group) is 1. The van der Waals surface area contributed by atoms with Crippen LogP contribution in [0.3, 0.4) is 0 Å². The Morgan fingerprint density at radius 3 is 3.06 bits per heavy atom. The molecule has 0 spiro atoms. The third kappa shape index (κ3) is 3.92. The summed E-state index contributed by atoms with van der Waals surface area (Å²) < 4.78 is 0. The van der Waals surface area contributed by atoms with Gasteiger partial charge in [-0.25, -0.2) is 4.98 Å². The Hall–Kier alpha value is -0.160. The molecule has 2 heterocycles. The van der Waals surface area contributed by atoms with Crippen molar-refractivity contribution in [2.24, 2.45) is 0 Å². The highest BCUT2D eigenvalue weighted by Crippen LogP contribution is 2.19. The molecule has 1 atom stereocenters. The van der Waals surface area contributed by atoms with E-state index in [2.05, 4.69) is 34.3 Å². The molecule has 5 heteroatoms. The first-order valence-corrected chi connectivity index (χ1v) is 7.98. The lowest BCUT2D eigenvalue weighted by Gasteiger charge is -2.26. The van der Waals surface area contributed by atoms with Gasteiger partial charge in [0.1, 0.15) is 0 Å². The van der Waals surface area contributed by atoms with Gasteiger partial charge in [0.05, 0.1) is 16.6 Å². The molecule has 0 amide bonds. The largest absolute Gasteiger partial charge is 0.308 e. The number of hydrogen-bond donors (Lipinski definition) is 0. The molecule has 1 aromatic rings. The minimum atomic E-state index is 0.531. The molecule has 1 aliphatic rings. The fraction of sp³-hybridized carbons (Fsp3) is 0.769. The molecule has 102 valence electrons. The second-order valence-electron chi connectivity index (χ2n) is 5.21. The van der Waals surface area contributed by atoms with Crippen molar-refractivity contribution in [3.63, 3.8) is 0 Å². The molecule has 0 aromatic carbocycles. The molecule has 18 heavy (non-hydrogen) atoms. The molecular formula is C13H22ClN3S. The van der Waals surface area contributed by atoms with Gasteiger partial charge in [-0.3, -0.25) is 4.90 Å². The second-order valence-corrected chi connectivity index (χ2v) is 6.42. The van der Waals surface area contributed by atoms with Crippen LogP contribution in [-0.2, 0) is 12.3 Å². The van der Waals surface area contributed by atoms with Crippen molar-refractivity contribution in [3.8, 4) is 0 Å². The zero-order valence-corrected chi connectivity index (χ0v) is 12.8. The lowest BCUT2D eigenvalue weighted by Crippen LogP contribution is -2.38. The first kappa shape index (κ1) is 14.3. The molecule has 0 aliphatic carbocycles. The zero-order valence-electron chi connectivity index (χ0n) is 11.2. The van der Waals surface area contributed by atoms with Crippen LogP contribution in [0.1, 0.15) is 23.5 Å². The van der Waals surface area contributed by atoms with Crippen molar-refractivity contribution in [2.45, 2.75) is 31.2 Å². The Labute approximate surface area is 119 Å². The van der Waals surface area contributed by atoms with Gasteiger partial charge >= 0.3 is 0 Å². The number of likely N-dealkylation sites (tertiary alicyclic amines) is 1. The van der Waals surface area contributed by atoms with Crippen LogP contribution >= 0.6 is 22.9 Å². The third-order valence-corrected chi connectivity index (χ3v) is 4.66. The summed E-state index contributed by atoms with van der Waals surface area (Å²) in [6.45, 7) is 3.55. The highest BCUT2D eigenvalue weighted by Gasteiger charge is 2.24. The average molecular weight is 288 g/mol. The maximum absolute atomic E-state index is 5.78. The fourth-order valence-corrected chi connectivity index (χ4v) is 3.60. The Kier molecular flexibility index (Phi) is 5.42. The van der Waals surface area contributed by atoms with E-state index in [-0.39, 0.29) is 0 Å². The van der Waals surface area contributed by atoms with E-state index in [1.54, 1.807) is 11.3 Å². The standard InChI is InChI=1S/C13H22ClN3S/c1-16(2)9-12-4-3-6-17(12)7-5-13-15-11(8-14)10-18-13/h10,12H,3-9H2,1-2H3. The van der Waals surface area contributed by atoms with E-state index in [1.807, 2.05) is 0 Å². The first-order chi connectivity index (χ1) is 8.69. The maximum atomic E-state index is 5.78. The Morgan fingerprint density at radius 2 is 2.39 bits per heavy atom. The molecule has 0 radical (unpaired) electrons. The monoisotopic (exact) mass is 287 g/mol. The smallest absolute Gasteiger partial charge is 0.0941 e. The van der Waals surface area contributed by atoms with Crippen LogP contribution in [0.25, 0.3) is 0 Å². The van der Waals surface area contributed by atoms with Crippen molar-refractivity contribution < 1.29 is 0 Å². The van der Waals surface area contributed by atoms with Crippen molar-refractivity contribution in [2.75, 3.05) is 33.7 Å². The quantitative estimate of drug-likeness (QED) is 0.749. The molecule has 1 aliphatic heterocycles. The SMILES string of the molecule is CN(C)CC1CCCN1CCc1nc(CCl)cs1. The predicted molar refractivity (Wildman–Crippen MR) is 78.5 cm³/mol. The average Bonchev–Trinajstić information content (AvgIpc) is 2.94. The minimum Gasteiger partial charge on any atom is -0.308 e. The number of thiazole rings is 1. The van der Waals surface area contributed by atoms with Gasteiger partial charge in [0.25, 0.3) is 0 Å². The van der Waals surface area contributed by atoms with Gasteiger partial charge in [-0.2, -0.15) is 0 Å². The fourth-order valence-electron chi connectivity index (χ4n) is 2.58. The van der Waals surface area contributed by atoms with Crippen LogP contribution in [-0.4, -0.2) is 54.6 Å². The second kappa shape index (κ2) is 6.85. The zero-order chi connectivity index (χ0) is 13.0. The number of hydrogen-bond acceptors (Lipinski definition) is 4. The molecule has 1 fully saturated rings. The molecule has 2 rings (SSSR count). The summed E-state index contributed by atoms with van der Waals surface area (Å²) in [4.78, 5) is 9.43. The maximum Gasteiger partial charge on any atom is 0.0941 e. The molecular weight excluding hydrogens is 266 g/mol. The van der Waals surface area contributed by atoms with Crippen LogP contribution < -0.4 is 0 Å². The summed E-state index contributed by atoms with van der Waals surface area (Å²) in [5.41, 5.74) is 1.02. The summed E-state index contributed by atoms with van der Waals surface area (Å²) in [6, 6.07) is 0.729. The van der Waals surface area contributed by atoms with Crippen LogP contribution in [0.2, 0.25) is 0 Å². The van der Waals surface area contributed by atoms with Crippen molar-refractivity contribution in [1.82, 2.24) is 14.8 Å². The van der Waals surface area contributed by atoms with E-state index in [4.69, 9.17) is 11.6 Å². The van der Waals surface area contributed by atoms with E-state index in [0.29, 0.717) is 5.88 Å². The highest BCUT2D eigenvalue weighted by atomic mass is 35.5. The summed E-state index contributed by atoms with van der Waals surface area (Å²) in [7, 11) is 4.31. The topological polar surface area (TPSA) is 19.4 Å². The number of aromatic nitrogens is 1. The van der Waals surface area contributed by atoms with E-state index in [0.717, 1.165) is 24.7 Å². The van der Waals surface area contributed by atoms with Gasteiger partial charge in [-0.1, -0.05) is 0 Å². The summed E-state index contributed by atoms with van der Waals surface area (Å²) >= 11 is 7.52. The van der Waals surface area contributed by atoms with E-state index in [1.165, 1.54) is 30.9 Å². The Morgan fingerprint density at radius 1 is 1.56 bits per heavy atom. The summed E-state index contributed by atoms with van der Waals surface area (Å²) in [6.07, 6.45) is 3.73. The molecule has 0 bridgehead atoms. The Balaban J connectivity index is 1.81. The summed E-state index contributed by atoms with van der Waals surface area (Å²) in [5, 5.41) is 3.30. The number of nitrogens with zero attached hydrogens (tertiary/aromatic N) is 3. The first-order valence-electron chi connectivity index (χ1n) is 6.57. The van der Waals surface area contributed by atoms with Crippen molar-refractivity contribution in [1.29, 1.82) is 0 Å². The van der Waals surface area contributed by atoms with Crippen molar-refractivity contribution in [3.05, 3.63) is 16.1 Å². The third-order valence-electron chi connectivity index (χ3n) is 3.42. The van der Waals surface area contributed by atoms with Crippen LogP contribution in [0, 0.1) is 0 Å². The lowest BCUT2D eigenvalue weighted by atomic mass is 10.2. The lowest BCUT2D eigenvalue weighted by molar-refractivity contribution is 0.210. The van der Waals surface area contributed by atoms with E-state index >= 15 is 0 Å². The van der Waals surface area contributed by atoms with Crippen molar-refractivity contribution >= 4 is 22.9 Å². The molecule has 0 N–H and O–H groups in total. The predicted octanol–water partition coefficient (Wildman–Crippen LogP) is 2.45. The molecule has 3 nitrogen and oxygen atoms in total. The number of halogens is 1. The van der Waals surface area contributed by atoms with Crippen LogP contribution in [0.4, 0.5) is 0 Å². The summed E-state index contributed by atoms with van der Waals surface area (Å²) in [5.74, 6) is 0.531. The minimum absolute atomic E-state index is 0.531. The number of rotatable bonds is 6. The normalized spacial score (nSPS) is 21.0. The van der Waals surface area contributed by atoms with E-state index < -0.39 is 0 Å². The van der Waals surface area contributed by atoms with Gasteiger partial charge < -0.3 is 4.90 Å².